The van der Waals surface area contributed by atoms with E-state index in [2.05, 4.69) is 65.6 Å². The lowest BCUT2D eigenvalue weighted by Crippen LogP contribution is -2.43. The van der Waals surface area contributed by atoms with Gasteiger partial charge in [0.25, 0.3) is 0 Å². The van der Waals surface area contributed by atoms with Crippen LogP contribution in [0, 0.1) is 5.92 Å². The minimum Gasteiger partial charge on any atom is -0.357 e. The van der Waals surface area contributed by atoms with E-state index in [0.717, 1.165) is 31.5 Å². The summed E-state index contributed by atoms with van der Waals surface area (Å²) in [6.45, 7) is 11.8. The second-order valence-corrected chi connectivity index (χ2v) is 7.55. The molecule has 3 rings (SSSR count). The first-order valence-corrected chi connectivity index (χ1v) is 9.67. The maximum absolute atomic E-state index is 4.73. The van der Waals surface area contributed by atoms with Crippen molar-refractivity contribution in [2.45, 2.75) is 39.4 Å². The largest absolute Gasteiger partial charge is 0.357 e. The van der Waals surface area contributed by atoms with Gasteiger partial charge in [-0.1, -0.05) is 31.2 Å². The normalized spacial score (nSPS) is 24.0. The molecule has 0 amide bonds. The quantitative estimate of drug-likeness (QED) is 0.380. The second-order valence-electron chi connectivity index (χ2n) is 7.55. The number of likely N-dealkylation sites (N-methyl/N-ethyl adjacent to an activating group) is 1. The molecule has 146 valence electrons. The van der Waals surface area contributed by atoms with Crippen LogP contribution < -0.4 is 10.6 Å². The summed E-state index contributed by atoms with van der Waals surface area (Å²) in [7, 11) is 2.20. The Balaban J connectivity index is 0.00000243. The number of nitrogens with zero attached hydrogens (tertiary/aromatic N) is 3. The van der Waals surface area contributed by atoms with Crippen molar-refractivity contribution >= 4 is 29.9 Å². The summed E-state index contributed by atoms with van der Waals surface area (Å²) in [5.41, 5.74) is 2.66. The van der Waals surface area contributed by atoms with Crippen LogP contribution in [-0.2, 0) is 13.1 Å². The fourth-order valence-corrected chi connectivity index (χ4v) is 3.20. The highest BCUT2D eigenvalue weighted by Gasteiger charge is 2.33. The van der Waals surface area contributed by atoms with Crippen molar-refractivity contribution in [3.05, 3.63) is 35.4 Å². The highest BCUT2D eigenvalue weighted by Crippen LogP contribution is 2.28. The van der Waals surface area contributed by atoms with Crippen LogP contribution in [0.4, 0.5) is 0 Å². The van der Waals surface area contributed by atoms with E-state index in [1.54, 1.807) is 0 Å². The van der Waals surface area contributed by atoms with Crippen molar-refractivity contribution in [3.63, 3.8) is 0 Å². The highest BCUT2D eigenvalue weighted by atomic mass is 127. The Bertz CT molecular complexity index is 566. The Labute approximate surface area is 175 Å². The van der Waals surface area contributed by atoms with Gasteiger partial charge in [-0.05, 0) is 37.4 Å². The van der Waals surface area contributed by atoms with Gasteiger partial charge in [0.15, 0.2) is 5.96 Å². The smallest absolute Gasteiger partial charge is 0.191 e. The lowest BCUT2D eigenvalue weighted by molar-refractivity contribution is 0.148. The number of rotatable bonds is 6. The molecule has 2 atom stereocenters. The van der Waals surface area contributed by atoms with E-state index < -0.39 is 0 Å². The summed E-state index contributed by atoms with van der Waals surface area (Å²) >= 11 is 0. The zero-order valence-corrected chi connectivity index (χ0v) is 18.7. The number of nitrogens with one attached hydrogen (secondary N) is 2. The Kier molecular flexibility index (Phi) is 8.63. The SMILES string of the molecule is CCNC(=NCc1ccc(CN2CCN(C)CC2)cc1)NC1CC1C.I. The highest BCUT2D eigenvalue weighted by molar-refractivity contribution is 14.0. The topological polar surface area (TPSA) is 42.9 Å². The predicted octanol–water partition coefficient (Wildman–Crippen LogP) is 2.52. The molecule has 1 aromatic carbocycles. The van der Waals surface area contributed by atoms with E-state index in [4.69, 9.17) is 4.99 Å². The maximum Gasteiger partial charge on any atom is 0.191 e. The molecule has 1 saturated heterocycles. The zero-order valence-electron chi connectivity index (χ0n) is 16.4. The number of hydrogen-bond donors (Lipinski definition) is 2. The molecular weight excluding hydrogens is 437 g/mol. The lowest BCUT2D eigenvalue weighted by atomic mass is 10.1. The molecule has 26 heavy (non-hydrogen) atoms. The van der Waals surface area contributed by atoms with Gasteiger partial charge in [-0.15, -0.1) is 24.0 Å². The van der Waals surface area contributed by atoms with Crippen LogP contribution in [0.15, 0.2) is 29.3 Å². The molecule has 1 heterocycles. The van der Waals surface area contributed by atoms with Crippen LogP contribution in [0.5, 0.6) is 0 Å². The van der Waals surface area contributed by atoms with E-state index >= 15 is 0 Å². The van der Waals surface area contributed by atoms with Gasteiger partial charge in [0, 0.05) is 45.3 Å². The van der Waals surface area contributed by atoms with Gasteiger partial charge in [-0.25, -0.2) is 4.99 Å². The fourth-order valence-electron chi connectivity index (χ4n) is 3.20. The monoisotopic (exact) mass is 471 g/mol. The van der Waals surface area contributed by atoms with Crippen LogP contribution in [0.2, 0.25) is 0 Å². The van der Waals surface area contributed by atoms with Gasteiger partial charge in [-0.3, -0.25) is 4.90 Å². The summed E-state index contributed by atoms with van der Waals surface area (Å²) < 4.78 is 0. The Hall–Kier alpha value is -0.860. The van der Waals surface area contributed by atoms with Gasteiger partial charge < -0.3 is 15.5 Å². The molecule has 0 bridgehead atoms. The molecule has 6 heteroatoms. The Morgan fingerprint density at radius 3 is 2.31 bits per heavy atom. The standard InChI is InChI=1S/C20H33N5.HI/c1-4-21-20(23-19-13-16(19)2)22-14-17-5-7-18(8-6-17)15-25-11-9-24(3)10-12-25;/h5-8,16,19H,4,9-15H2,1-3H3,(H2,21,22,23);1H. The third-order valence-corrected chi connectivity index (χ3v) is 5.22. The molecule has 0 radical (unpaired) electrons. The van der Waals surface area contributed by atoms with Gasteiger partial charge in [0.1, 0.15) is 0 Å². The fraction of sp³-hybridized carbons (Fsp3) is 0.650. The average Bonchev–Trinajstić information content (AvgIpc) is 3.31. The number of piperazine rings is 1. The van der Waals surface area contributed by atoms with Crippen molar-refractivity contribution in [1.82, 2.24) is 20.4 Å². The molecule has 2 unspecified atom stereocenters. The summed E-state index contributed by atoms with van der Waals surface area (Å²) in [5, 5.41) is 6.85. The van der Waals surface area contributed by atoms with Gasteiger partial charge in [0.05, 0.1) is 6.54 Å². The van der Waals surface area contributed by atoms with E-state index in [-0.39, 0.29) is 24.0 Å². The second kappa shape index (κ2) is 10.5. The maximum atomic E-state index is 4.73. The van der Waals surface area contributed by atoms with Gasteiger partial charge >= 0.3 is 0 Å². The van der Waals surface area contributed by atoms with Crippen molar-refractivity contribution in [2.24, 2.45) is 10.9 Å². The molecule has 2 fully saturated rings. The Morgan fingerprint density at radius 1 is 1.12 bits per heavy atom. The minimum atomic E-state index is 0. The Morgan fingerprint density at radius 2 is 1.73 bits per heavy atom. The minimum absolute atomic E-state index is 0. The molecule has 0 aromatic heterocycles. The first kappa shape index (κ1) is 21.4. The van der Waals surface area contributed by atoms with Crippen molar-refractivity contribution in [1.29, 1.82) is 0 Å². The third-order valence-electron chi connectivity index (χ3n) is 5.22. The zero-order chi connectivity index (χ0) is 17.6. The third kappa shape index (κ3) is 6.70. The molecular formula is C20H34IN5. The van der Waals surface area contributed by atoms with Crippen LogP contribution in [-0.4, -0.2) is 61.6 Å². The summed E-state index contributed by atoms with van der Waals surface area (Å²) in [6, 6.07) is 9.55. The molecule has 1 saturated carbocycles. The average molecular weight is 471 g/mol. The van der Waals surface area contributed by atoms with Crippen molar-refractivity contribution < 1.29 is 0 Å². The van der Waals surface area contributed by atoms with E-state index in [1.165, 1.54) is 43.7 Å². The van der Waals surface area contributed by atoms with E-state index in [0.29, 0.717) is 6.04 Å². The number of benzene rings is 1. The van der Waals surface area contributed by atoms with Crippen LogP contribution in [0.1, 0.15) is 31.4 Å². The number of halogens is 1. The number of aliphatic imine (C=N–C) groups is 1. The van der Waals surface area contributed by atoms with Crippen LogP contribution in [0.25, 0.3) is 0 Å². The van der Waals surface area contributed by atoms with Crippen LogP contribution >= 0.6 is 24.0 Å². The molecule has 2 aliphatic rings. The first-order valence-electron chi connectivity index (χ1n) is 9.67. The van der Waals surface area contributed by atoms with Gasteiger partial charge in [-0.2, -0.15) is 0 Å². The van der Waals surface area contributed by atoms with Crippen molar-refractivity contribution in [2.75, 3.05) is 39.8 Å². The molecule has 5 nitrogen and oxygen atoms in total. The molecule has 2 N–H and O–H groups in total. The molecule has 0 spiro atoms. The lowest BCUT2D eigenvalue weighted by Gasteiger charge is -2.32. The van der Waals surface area contributed by atoms with Gasteiger partial charge in [0.2, 0.25) is 0 Å². The molecule has 1 aromatic rings. The van der Waals surface area contributed by atoms with E-state index in [1.807, 2.05) is 0 Å². The first-order chi connectivity index (χ1) is 12.1. The van der Waals surface area contributed by atoms with Crippen molar-refractivity contribution in [3.8, 4) is 0 Å². The summed E-state index contributed by atoms with van der Waals surface area (Å²) in [6.07, 6.45) is 1.26. The number of hydrogen-bond acceptors (Lipinski definition) is 3. The number of guanidine groups is 1. The summed E-state index contributed by atoms with van der Waals surface area (Å²) in [5.74, 6) is 1.72. The molecule has 1 aliphatic heterocycles. The molecule has 1 aliphatic carbocycles. The predicted molar refractivity (Wildman–Crippen MR) is 120 cm³/mol. The van der Waals surface area contributed by atoms with Crippen LogP contribution in [0.3, 0.4) is 0 Å². The van der Waals surface area contributed by atoms with E-state index in [9.17, 15) is 0 Å². The summed E-state index contributed by atoms with van der Waals surface area (Å²) in [4.78, 5) is 9.67.